The van der Waals surface area contributed by atoms with Crippen LogP contribution in [0.1, 0.15) is 40.9 Å². The first-order chi connectivity index (χ1) is 9.81. The Bertz CT molecular complexity index is 732. The van der Waals surface area contributed by atoms with Gasteiger partial charge in [-0.1, -0.05) is 11.3 Å². The Labute approximate surface area is 125 Å². The van der Waals surface area contributed by atoms with Crippen molar-refractivity contribution in [2.24, 2.45) is 0 Å². The highest BCUT2D eigenvalue weighted by molar-refractivity contribution is 7.17. The number of hydrogen-bond donors (Lipinski definition) is 0. The Hall–Kier alpha value is -2.35. The van der Waals surface area contributed by atoms with E-state index in [1.807, 2.05) is 0 Å². The molecule has 0 radical (unpaired) electrons. The fraction of sp³-hybridized carbons (Fsp3) is 0.308. The third-order valence-corrected chi connectivity index (χ3v) is 3.98. The molecule has 1 amide bonds. The summed E-state index contributed by atoms with van der Waals surface area (Å²) in [4.78, 5) is 40.7. The van der Waals surface area contributed by atoms with Crippen LogP contribution < -0.4 is 4.90 Å². The van der Waals surface area contributed by atoms with Gasteiger partial charge in [0.15, 0.2) is 16.7 Å². The van der Waals surface area contributed by atoms with E-state index in [0.29, 0.717) is 21.5 Å². The SMILES string of the molecule is CC(=O)c1sc(N(C(C)=O)c2ccn(C(C)=O)n2)nc1C. The van der Waals surface area contributed by atoms with Crippen molar-refractivity contribution in [1.82, 2.24) is 14.8 Å². The first-order valence-corrected chi connectivity index (χ1v) is 6.98. The quantitative estimate of drug-likeness (QED) is 0.811. The highest BCUT2D eigenvalue weighted by Gasteiger charge is 2.23. The number of aryl methyl sites for hydroxylation is 1. The number of nitrogens with zero attached hydrogens (tertiary/aromatic N) is 4. The number of amides is 1. The van der Waals surface area contributed by atoms with E-state index in [9.17, 15) is 14.4 Å². The molecule has 8 heteroatoms. The zero-order valence-corrected chi connectivity index (χ0v) is 12.9. The van der Waals surface area contributed by atoms with E-state index in [0.717, 1.165) is 16.0 Å². The predicted octanol–water partition coefficient (Wildman–Crippen LogP) is 2.20. The summed E-state index contributed by atoms with van der Waals surface area (Å²) in [5.74, 6) is -0.368. The summed E-state index contributed by atoms with van der Waals surface area (Å²) < 4.78 is 1.14. The second-order valence-electron chi connectivity index (χ2n) is 4.46. The van der Waals surface area contributed by atoms with Crippen LogP contribution in [0.3, 0.4) is 0 Å². The van der Waals surface area contributed by atoms with E-state index in [2.05, 4.69) is 10.1 Å². The Kier molecular flexibility index (Phi) is 3.99. The molecule has 0 saturated carbocycles. The van der Waals surface area contributed by atoms with Crippen molar-refractivity contribution in [2.45, 2.75) is 27.7 Å². The van der Waals surface area contributed by atoms with Crippen molar-refractivity contribution in [3.05, 3.63) is 22.8 Å². The summed E-state index contributed by atoms with van der Waals surface area (Å²) in [6, 6.07) is 1.55. The van der Waals surface area contributed by atoms with Gasteiger partial charge in [0.1, 0.15) is 0 Å². The summed E-state index contributed by atoms with van der Waals surface area (Å²) in [5, 5.41) is 4.41. The number of anilines is 2. The van der Waals surface area contributed by atoms with Crippen molar-refractivity contribution in [1.29, 1.82) is 0 Å². The zero-order chi connectivity index (χ0) is 15.7. The molecule has 0 saturated heterocycles. The molecule has 0 spiro atoms. The van der Waals surface area contributed by atoms with Gasteiger partial charge in [0, 0.05) is 33.0 Å². The lowest BCUT2D eigenvalue weighted by molar-refractivity contribution is -0.115. The first-order valence-electron chi connectivity index (χ1n) is 6.17. The van der Waals surface area contributed by atoms with Crippen LogP contribution in [0.4, 0.5) is 10.9 Å². The lowest BCUT2D eigenvalue weighted by Gasteiger charge is -2.14. The van der Waals surface area contributed by atoms with E-state index in [-0.39, 0.29) is 17.6 Å². The van der Waals surface area contributed by atoms with Gasteiger partial charge in [-0.05, 0) is 6.92 Å². The number of carbonyl (C=O) groups is 3. The lowest BCUT2D eigenvalue weighted by Crippen LogP contribution is -2.23. The maximum atomic E-state index is 11.9. The summed E-state index contributed by atoms with van der Waals surface area (Å²) in [5.41, 5.74) is 0.569. The minimum absolute atomic E-state index is 0.103. The topological polar surface area (TPSA) is 85.2 Å². The number of hydrogen-bond acceptors (Lipinski definition) is 6. The molecule has 0 aromatic carbocycles. The van der Waals surface area contributed by atoms with E-state index in [1.54, 1.807) is 13.0 Å². The molecule has 2 aromatic heterocycles. The first kappa shape index (κ1) is 15.0. The Balaban J connectivity index is 2.48. The van der Waals surface area contributed by atoms with Crippen LogP contribution in [0.5, 0.6) is 0 Å². The smallest absolute Gasteiger partial charge is 0.243 e. The van der Waals surface area contributed by atoms with Gasteiger partial charge in [0.05, 0.1) is 10.6 Å². The van der Waals surface area contributed by atoms with E-state index >= 15 is 0 Å². The van der Waals surface area contributed by atoms with Crippen molar-refractivity contribution < 1.29 is 14.4 Å². The van der Waals surface area contributed by atoms with Gasteiger partial charge < -0.3 is 0 Å². The average Bonchev–Trinajstić information content (AvgIpc) is 2.96. The fourth-order valence-electron chi connectivity index (χ4n) is 1.81. The van der Waals surface area contributed by atoms with Crippen LogP contribution in [0.15, 0.2) is 12.3 Å². The van der Waals surface area contributed by atoms with Crippen LogP contribution in [-0.2, 0) is 4.79 Å². The highest BCUT2D eigenvalue weighted by Crippen LogP contribution is 2.31. The largest absolute Gasteiger partial charge is 0.294 e. The van der Waals surface area contributed by atoms with Gasteiger partial charge in [-0.3, -0.25) is 14.4 Å². The second-order valence-corrected chi connectivity index (χ2v) is 5.44. The number of ketones is 1. The van der Waals surface area contributed by atoms with Crippen LogP contribution in [0, 0.1) is 6.92 Å². The number of Topliss-reactive ketones (excluding diaryl/α,β-unsaturated/α-hetero) is 1. The fourth-order valence-corrected chi connectivity index (χ4v) is 2.82. The van der Waals surface area contributed by atoms with Crippen LogP contribution in [-0.4, -0.2) is 32.4 Å². The molecule has 110 valence electrons. The highest BCUT2D eigenvalue weighted by atomic mass is 32.1. The molecule has 0 atom stereocenters. The molecule has 7 nitrogen and oxygen atoms in total. The summed E-state index contributed by atoms with van der Waals surface area (Å²) in [6.07, 6.45) is 1.47. The molecule has 0 fully saturated rings. The minimum atomic E-state index is -0.298. The monoisotopic (exact) mass is 306 g/mol. The van der Waals surface area contributed by atoms with E-state index in [4.69, 9.17) is 0 Å². The standard InChI is InChI=1S/C13H14N4O3S/c1-7-12(8(2)18)21-13(14-7)17(10(4)20)11-5-6-16(15-11)9(3)19/h5-6H,1-4H3. The van der Waals surface area contributed by atoms with Gasteiger partial charge >= 0.3 is 0 Å². The van der Waals surface area contributed by atoms with Gasteiger partial charge in [-0.25, -0.2) is 14.6 Å². The van der Waals surface area contributed by atoms with Crippen molar-refractivity contribution in [3.63, 3.8) is 0 Å². The molecule has 0 aliphatic rings. The maximum absolute atomic E-state index is 11.9. The van der Waals surface area contributed by atoms with Gasteiger partial charge in [-0.15, -0.1) is 5.10 Å². The Morgan fingerprint density at radius 3 is 2.33 bits per heavy atom. The van der Waals surface area contributed by atoms with Gasteiger partial charge in [0.25, 0.3) is 0 Å². The number of carbonyl (C=O) groups excluding carboxylic acids is 3. The molecule has 0 bridgehead atoms. The Morgan fingerprint density at radius 2 is 1.90 bits per heavy atom. The third kappa shape index (κ3) is 2.89. The van der Waals surface area contributed by atoms with E-state index in [1.165, 1.54) is 31.9 Å². The third-order valence-electron chi connectivity index (χ3n) is 2.74. The number of thiazole rings is 1. The Morgan fingerprint density at radius 1 is 1.24 bits per heavy atom. The molecule has 0 aliphatic heterocycles. The molecule has 2 heterocycles. The van der Waals surface area contributed by atoms with Gasteiger partial charge in [-0.2, -0.15) is 0 Å². The van der Waals surface area contributed by atoms with Crippen molar-refractivity contribution >= 4 is 39.9 Å². The molecule has 0 aliphatic carbocycles. The molecule has 21 heavy (non-hydrogen) atoms. The molecule has 0 N–H and O–H groups in total. The minimum Gasteiger partial charge on any atom is -0.294 e. The normalized spacial score (nSPS) is 10.5. The zero-order valence-electron chi connectivity index (χ0n) is 12.1. The van der Waals surface area contributed by atoms with Crippen LogP contribution in [0.2, 0.25) is 0 Å². The maximum Gasteiger partial charge on any atom is 0.243 e. The summed E-state index contributed by atoms with van der Waals surface area (Å²) >= 11 is 1.13. The predicted molar refractivity (Wildman–Crippen MR) is 78.2 cm³/mol. The van der Waals surface area contributed by atoms with Crippen molar-refractivity contribution in [2.75, 3.05) is 4.90 Å². The lowest BCUT2D eigenvalue weighted by atomic mass is 10.3. The molecule has 2 aromatic rings. The van der Waals surface area contributed by atoms with Crippen LogP contribution in [0.25, 0.3) is 0 Å². The number of aromatic nitrogens is 3. The molecule has 2 rings (SSSR count). The van der Waals surface area contributed by atoms with Crippen LogP contribution >= 0.6 is 11.3 Å². The second kappa shape index (κ2) is 5.57. The molecule has 0 unspecified atom stereocenters. The van der Waals surface area contributed by atoms with Crippen molar-refractivity contribution in [3.8, 4) is 0 Å². The van der Waals surface area contributed by atoms with E-state index < -0.39 is 0 Å². The summed E-state index contributed by atoms with van der Waals surface area (Å²) in [6.45, 7) is 5.91. The number of rotatable bonds is 3. The summed E-state index contributed by atoms with van der Waals surface area (Å²) in [7, 11) is 0. The molecular weight excluding hydrogens is 292 g/mol. The average molecular weight is 306 g/mol. The molecular formula is C13H14N4O3S. The van der Waals surface area contributed by atoms with Gasteiger partial charge in [0.2, 0.25) is 11.8 Å².